The van der Waals surface area contributed by atoms with Gasteiger partial charge < -0.3 is 10.1 Å². The lowest BCUT2D eigenvalue weighted by atomic mass is 10.1. The Hall–Kier alpha value is -2.08. The van der Waals surface area contributed by atoms with Crippen LogP contribution in [0.3, 0.4) is 0 Å². The number of nitrogens with one attached hydrogen (secondary N) is 1. The summed E-state index contributed by atoms with van der Waals surface area (Å²) in [7, 11) is 1.58. The van der Waals surface area contributed by atoms with Crippen LogP contribution in [0.5, 0.6) is 5.75 Å². The van der Waals surface area contributed by atoms with E-state index in [1.165, 1.54) is 14.7 Å². The molecule has 2 aromatic heterocycles. The molecule has 100 valence electrons. The van der Waals surface area contributed by atoms with Crippen molar-refractivity contribution in [1.82, 2.24) is 19.5 Å². The van der Waals surface area contributed by atoms with E-state index < -0.39 is 0 Å². The Morgan fingerprint density at radius 2 is 2.42 bits per heavy atom. The normalized spacial score (nSPS) is 15.5. The van der Waals surface area contributed by atoms with E-state index in [1.54, 1.807) is 25.4 Å². The van der Waals surface area contributed by atoms with Crippen molar-refractivity contribution >= 4 is 5.65 Å². The Morgan fingerprint density at radius 3 is 3.16 bits per heavy atom. The highest BCUT2D eigenvalue weighted by molar-refractivity contribution is 5.52. The summed E-state index contributed by atoms with van der Waals surface area (Å²) in [4.78, 5) is 12.2. The fourth-order valence-electron chi connectivity index (χ4n) is 2.28. The first-order valence-corrected chi connectivity index (χ1v) is 6.30. The molecule has 0 fully saturated rings. The number of rotatable bonds is 3. The Balaban J connectivity index is 2.02. The molecule has 0 spiro atoms. The van der Waals surface area contributed by atoms with Crippen LogP contribution < -0.4 is 15.7 Å². The topological polar surface area (TPSA) is 60.6 Å². The van der Waals surface area contributed by atoms with Gasteiger partial charge in [-0.2, -0.15) is 0 Å². The van der Waals surface area contributed by atoms with Crippen molar-refractivity contribution in [2.45, 2.75) is 13.0 Å². The van der Waals surface area contributed by atoms with E-state index in [4.69, 9.17) is 4.74 Å². The molecule has 6 heteroatoms. The van der Waals surface area contributed by atoms with E-state index in [2.05, 4.69) is 16.5 Å². The van der Waals surface area contributed by atoms with Crippen molar-refractivity contribution in [2.75, 3.05) is 20.2 Å². The predicted octanol–water partition coefficient (Wildman–Crippen LogP) is 0.424. The van der Waals surface area contributed by atoms with Gasteiger partial charge in [0.25, 0.3) is 0 Å². The first kappa shape index (κ1) is 12.0. The first-order valence-electron chi connectivity index (χ1n) is 6.30. The van der Waals surface area contributed by atoms with Crippen molar-refractivity contribution in [3.63, 3.8) is 0 Å². The van der Waals surface area contributed by atoms with E-state index in [0.717, 1.165) is 19.5 Å². The van der Waals surface area contributed by atoms with Gasteiger partial charge in [-0.15, -0.1) is 5.10 Å². The van der Waals surface area contributed by atoms with Crippen LogP contribution in [0.2, 0.25) is 0 Å². The molecule has 2 aromatic rings. The van der Waals surface area contributed by atoms with Gasteiger partial charge in [-0.3, -0.25) is 0 Å². The summed E-state index contributed by atoms with van der Waals surface area (Å²) < 4.78 is 8.24. The van der Waals surface area contributed by atoms with Crippen LogP contribution in [0.25, 0.3) is 5.65 Å². The molecule has 0 bridgehead atoms. The number of pyridine rings is 1. The van der Waals surface area contributed by atoms with Crippen LogP contribution in [0.1, 0.15) is 6.42 Å². The number of nitrogens with zero attached hydrogens (tertiary/aromatic N) is 3. The zero-order valence-corrected chi connectivity index (χ0v) is 10.8. The van der Waals surface area contributed by atoms with Crippen LogP contribution in [0.15, 0.2) is 34.8 Å². The molecule has 0 aliphatic carbocycles. The quantitative estimate of drug-likeness (QED) is 0.813. The van der Waals surface area contributed by atoms with Crippen LogP contribution >= 0.6 is 0 Å². The number of ether oxygens (including phenoxy) is 1. The van der Waals surface area contributed by atoms with Crippen molar-refractivity contribution in [3.8, 4) is 5.75 Å². The molecule has 3 heterocycles. The van der Waals surface area contributed by atoms with Gasteiger partial charge in [0, 0.05) is 12.7 Å². The molecule has 3 rings (SSSR count). The zero-order valence-electron chi connectivity index (χ0n) is 10.8. The van der Waals surface area contributed by atoms with Crippen molar-refractivity contribution in [2.24, 2.45) is 0 Å². The molecule has 1 aliphatic rings. The average molecular weight is 260 g/mol. The Morgan fingerprint density at radius 1 is 1.53 bits per heavy atom. The molecule has 19 heavy (non-hydrogen) atoms. The number of hydrogen-bond donors (Lipinski definition) is 1. The molecule has 0 unspecified atom stereocenters. The molecule has 0 radical (unpaired) electrons. The maximum atomic E-state index is 12.2. The van der Waals surface area contributed by atoms with Crippen LogP contribution in [0.4, 0.5) is 0 Å². The highest BCUT2D eigenvalue weighted by atomic mass is 16.5. The minimum atomic E-state index is -0.131. The molecule has 0 saturated heterocycles. The first-order chi connectivity index (χ1) is 9.29. The molecular formula is C13H16N4O2. The standard InChI is InChI=1S/C13H16N4O2/c1-19-11-3-2-8-16-12(11)15-17(13(16)18)9-10-4-6-14-7-5-10/h2-4,8,14H,5-7,9H2,1H3. The zero-order chi connectivity index (χ0) is 13.2. The van der Waals surface area contributed by atoms with Crippen LogP contribution in [-0.4, -0.2) is 34.4 Å². The fraction of sp³-hybridized carbons (Fsp3) is 0.385. The third kappa shape index (κ3) is 2.15. The summed E-state index contributed by atoms with van der Waals surface area (Å²) >= 11 is 0. The predicted molar refractivity (Wildman–Crippen MR) is 71.6 cm³/mol. The van der Waals surface area contributed by atoms with Crippen molar-refractivity contribution in [1.29, 1.82) is 0 Å². The van der Waals surface area contributed by atoms with Gasteiger partial charge in [0.1, 0.15) is 0 Å². The van der Waals surface area contributed by atoms with Crippen molar-refractivity contribution in [3.05, 3.63) is 40.5 Å². The van der Waals surface area contributed by atoms with E-state index in [-0.39, 0.29) is 5.69 Å². The third-order valence-electron chi connectivity index (χ3n) is 3.30. The Labute approximate surface area is 110 Å². The second kappa shape index (κ2) is 4.89. The average Bonchev–Trinajstić information content (AvgIpc) is 2.77. The number of hydrogen-bond acceptors (Lipinski definition) is 4. The molecule has 6 nitrogen and oxygen atoms in total. The Bertz CT molecular complexity index is 683. The molecule has 0 atom stereocenters. The summed E-state index contributed by atoms with van der Waals surface area (Å²) in [6.45, 7) is 2.36. The van der Waals surface area contributed by atoms with E-state index in [1.807, 2.05) is 0 Å². The summed E-state index contributed by atoms with van der Waals surface area (Å²) in [5.41, 5.74) is 1.67. The summed E-state index contributed by atoms with van der Waals surface area (Å²) in [6, 6.07) is 3.58. The largest absolute Gasteiger partial charge is 0.493 e. The smallest absolute Gasteiger partial charge is 0.350 e. The highest BCUT2D eigenvalue weighted by Gasteiger charge is 2.12. The molecule has 0 aromatic carbocycles. The molecule has 0 amide bonds. The van der Waals surface area contributed by atoms with E-state index in [0.29, 0.717) is 17.9 Å². The second-order valence-corrected chi connectivity index (χ2v) is 4.53. The number of aromatic nitrogens is 3. The Kier molecular flexibility index (Phi) is 3.08. The maximum Gasteiger partial charge on any atom is 0.350 e. The van der Waals surface area contributed by atoms with Gasteiger partial charge in [-0.05, 0) is 25.1 Å². The minimum Gasteiger partial charge on any atom is -0.493 e. The van der Waals surface area contributed by atoms with Crippen LogP contribution in [-0.2, 0) is 6.54 Å². The van der Waals surface area contributed by atoms with Gasteiger partial charge in [0.15, 0.2) is 5.75 Å². The van der Waals surface area contributed by atoms with Crippen molar-refractivity contribution < 1.29 is 4.74 Å². The molecule has 0 saturated carbocycles. The molecule has 1 aliphatic heterocycles. The summed E-state index contributed by atoms with van der Waals surface area (Å²) in [5, 5.41) is 7.61. The lowest BCUT2D eigenvalue weighted by molar-refractivity contribution is 0.416. The second-order valence-electron chi connectivity index (χ2n) is 4.53. The van der Waals surface area contributed by atoms with E-state index in [9.17, 15) is 4.79 Å². The van der Waals surface area contributed by atoms with Gasteiger partial charge in [-0.1, -0.05) is 11.6 Å². The lowest BCUT2D eigenvalue weighted by Gasteiger charge is -2.12. The van der Waals surface area contributed by atoms with Gasteiger partial charge in [0.2, 0.25) is 5.65 Å². The molecule has 1 N–H and O–H groups in total. The summed E-state index contributed by atoms with van der Waals surface area (Å²) in [5.74, 6) is 0.609. The minimum absolute atomic E-state index is 0.131. The third-order valence-corrected chi connectivity index (χ3v) is 3.30. The SMILES string of the molecule is COc1cccn2c(=O)n(CC3=CCNCC3)nc12. The highest BCUT2D eigenvalue weighted by Crippen LogP contribution is 2.15. The van der Waals surface area contributed by atoms with Gasteiger partial charge >= 0.3 is 5.69 Å². The fourth-order valence-corrected chi connectivity index (χ4v) is 2.28. The van der Waals surface area contributed by atoms with Gasteiger partial charge in [0.05, 0.1) is 13.7 Å². The molecular weight excluding hydrogens is 244 g/mol. The summed E-state index contributed by atoms with van der Waals surface area (Å²) in [6.07, 6.45) is 4.79. The number of fused-ring (bicyclic) bond motifs is 1. The lowest BCUT2D eigenvalue weighted by Crippen LogP contribution is -2.26. The van der Waals surface area contributed by atoms with Gasteiger partial charge in [-0.25, -0.2) is 13.9 Å². The van der Waals surface area contributed by atoms with Crippen LogP contribution in [0, 0.1) is 0 Å². The maximum absolute atomic E-state index is 12.2. The van der Waals surface area contributed by atoms with E-state index >= 15 is 0 Å². The number of methoxy groups -OCH3 is 1. The monoisotopic (exact) mass is 260 g/mol.